The van der Waals surface area contributed by atoms with Gasteiger partial charge in [0.25, 0.3) is 0 Å². The van der Waals surface area contributed by atoms with Crippen LogP contribution in [0.3, 0.4) is 0 Å². The normalized spacial score (nSPS) is 10.3. The zero-order chi connectivity index (χ0) is 14.7. The van der Waals surface area contributed by atoms with E-state index in [1.807, 2.05) is 32.0 Å². The van der Waals surface area contributed by atoms with E-state index < -0.39 is 0 Å². The Hall–Kier alpha value is -2.29. The summed E-state index contributed by atoms with van der Waals surface area (Å²) in [5, 5.41) is 0. The summed E-state index contributed by atoms with van der Waals surface area (Å²) in [6.07, 6.45) is 0.352. The monoisotopic (exact) mass is 269 g/mol. The van der Waals surface area contributed by atoms with Gasteiger partial charge in [0.1, 0.15) is 5.75 Å². The lowest BCUT2D eigenvalue weighted by Crippen LogP contribution is -2.08. The molecule has 0 fully saturated rings. The lowest BCUT2D eigenvalue weighted by molar-refractivity contribution is 0.0993. The topological polar surface area (TPSA) is 52.3 Å². The number of benzene rings is 2. The first-order valence-corrected chi connectivity index (χ1v) is 6.54. The van der Waals surface area contributed by atoms with Crippen molar-refractivity contribution in [2.45, 2.75) is 20.3 Å². The van der Waals surface area contributed by atoms with Gasteiger partial charge >= 0.3 is 0 Å². The Morgan fingerprint density at radius 1 is 1.15 bits per heavy atom. The van der Waals surface area contributed by atoms with Gasteiger partial charge in [-0.1, -0.05) is 23.8 Å². The molecule has 0 aliphatic carbocycles. The number of hydrogen-bond donors (Lipinski definition) is 1. The molecule has 2 rings (SSSR count). The molecule has 0 aromatic heterocycles. The minimum absolute atomic E-state index is 0.00935. The number of nitrogen functional groups attached to an aromatic ring is 1. The van der Waals surface area contributed by atoms with Crippen LogP contribution in [0.5, 0.6) is 5.75 Å². The van der Waals surface area contributed by atoms with Crippen LogP contribution in [0.4, 0.5) is 5.69 Å². The van der Waals surface area contributed by atoms with Gasteiger partial charge < -0.3 is 10.5 Å². The minimum Gasteiger partial charge on any atom is -0.497 e. The van der Waals surface area contributed by atoms with Gasteiger partial charge in [-0.3, -0.25) is 4.79 Å². The van der Waals surface area contributed by atoms with Gasteiger partial charge in [-0.15, -0.1) is 0 Å². The van der Waals surface area contributed by atoms with E-state index in [9.17, 15) is 4.79 Å². The van der Waals surface area contributed by atoms with Crippen LogP contribution in [0.1, 0.15) is 27.0 Å². The predicted molar refractivity (Wildman–Crippen MR) is 81.4 cm³/mol. The van der Waals surface area contributed by atoms with Crippen LogP contribution >= 0.6 is 0 Å². The molecule has 0 heterocycles. The van der Waals surface area contributed by atoms with Gasteiger partial charge in [-0.2, -0.15) is 0 Å². The molecule has 104 valence electrons. The predicted octanol–water partition coefficient (Wildman–Crippen LogP) is 3.32. The quantitative estimate of drug-likeness (QED) is 0.684. The van der Waals surface area contributed by atoms with Gasteiger partial charge in [-0.25, -0.2) is 0 Å². The molecule has 0 unspecified atom stereocenters. The lowest BCUT2D eigenvalue weighted by atomic mass is 9.97. The number of aryl methyl sites for hydroxylation is 2. The van der Waals surface area contributed by atoms with E-state index >= 15 is 0 Å². The fourth-order valence-electron chi connectivity index (χ4n) is 2.16. The molecule has 2 aromatic rings. The number of anilines is 1. The Morgan fingerprint density at radius 2 is 1.90 bits per heavy atom. The molecule has 0 bridgehead atoms. The van der Waals surface area contributed by atoms with Crippen molar-refractivity contribution in [3.8, 4) is 5.75 Å². The Labute approximate surface area is 119 Å². The highest BCUT2D eigenvalue weighted by atomic mass is 16.5. The number of carbonyl (C=O) groups is 1. The van der Waals surface area contributed by atoms with E-state index in [-0.39, 0.29) is 5.78 Å². The van der Waals surface area contributed by atoms with E-state index in [0.717, 1.165) is 16.7 Å². The standard InChI is InChI=1S/C17H19NO2/c1-11-4-5-12(2)13(8-11)9-17(19)15-10-14(20-3)6-7-16(15)18/h4-8,10H,9,18H2,1-3H3. The van der Waals surface area contributed by atoms with E-state index in [4.69, 9.17) is 10.5 Å². The molecule has 0 atom stereocenters. The van der Waals surface area contributed by atoms with Crippen molar-refractivity contribution in [3.05, 3.63) is 58.7 Å². The van der Waals surface area contributed by atoms with Gasteiger partial charge in [0, 0.05) is 17.7 Å². The van der Waals surface area contributed by atoms with Crippen LogP contribution in [0.2, 0.25) is 0 Å². The van der Waals surface area contributed by atoms with Gasteiger partial charge in [-0.05, 0) is 43.2 Å². The highest BCUT2D eigenvalue weighted by Gasteiger charge is 2.13. The number of rotatable bonds is 4. The second kappa shape index (κ2) is 5.78. The zero-order valence-electron chi connectivity index (χ0n) is 12.1. The molecule has 0 saturated heterocycles. The molecule has 0 aliphatic rings. The lowest BCUT2D eigenvalue weighted by Gasteiger charge is -2.09. The van der Waals surface area contributed by atoms with Crippen LogP contribution < -0.4 is 10.5 Å². The van der Waals surface area contributed by atoms with Crippen LogP contribution in [0.25, 0.3) is 0 Å². The molecule has 3 heteroatoms. The first kappa shape index (κ1) is 14.1. The van der Waals surface area contributed by atoms with Crippen molar-refractivity contribution in [1.82, 2.24) is 0 Å². The number of carbonyl (C=O) groups excluding carboxylic acids is 1. The van der Waals surface area contributed by atoms with Gasteiger partial charge in [0.2, 0.25) is 0 Å². The number of nitrogens with two attached hydrogens (primary N) is 1. The summed E-state index contributed by atoms with van der Waals surface area (Å²) >= 11 is 0. The molecule has 0 amide bonds. The summed E-state index contributed by atoms with van der Waals surface area (Å²) in [4.78, 5) is 12.4. The van der Waals surface area contributed by atoms with E-state index in [0.29, 0.717) is 23.4 Å². The third-order valence-electron chi connectivity index (χ3n) is 3.42. The summed E-state index contributed by atoms with van der Waals surface area (Å²) in [6, 6.07) is 11.3. The smallest absolute Gasteiger partial charge is 0.169 e. The number of methoxy groups -OCH3 is 1. The molecule has 20 heavy (non-hydrogen) atoms. The molecular formula is C17H19NO2. The Morgan fingerprint density at radius 3 is 2.60 bits per heavy atom. The average Bonchev–Trinajstić information content (AvgIpc) is 2.43. The van der Waals surface area contributed by atoms with Crippen molar-refractivity contribution >= 4 is 11.5 Å². The van der Waals surface area contributed by atoms with Crippen LogP contribution in [0.15, 0.2) is 36.4 Å². The van der Waals surface area contributed by atoms with Crippen LogP contribution in [0, 0.1) is 13.8 Å². The number of hydrogen-bond acceptors (Lipinski definition) is 3. The second-order valence-electron chi connectivity index (χ2n) is 4.98. The Kier molecular flexibility index (Phi) is 4.08. The first-order chi connectivity index (χ1) is 9.51. The summed E-state index contributed by atoms with van der Waals surface area (Å²) in [6.45, 7) is 4.03. The van der Waals surface area contributed by atoms with Crippen LogP contribution in [-0.2, 0) is 6.42 Å². The van der Waals surface area contributed by atoms with E-state index in [2.05, 4.69) is 0 Å². The Bertz CT molecular complexity index is 647. The highest BCUT2D eigenvalue weighted by molar-refractivity contribution is 6.02. The van der Waals surface area contributed by atoms with Crippen LogP contribution in [-0.4, -0.2) is 12.9 Å². The third-order valence-corrected chi connectivity index (χ3v) is 3.42. The fourth-order valence-corrected chi connectivity index (χ4v) is 2.16. The van der Waals surface area contributed by atoms with E-state index in [1.165, 1.54) is 0 Å². The van der Waals surface area contributed by atoms with E-state index in [1.54, 1.807) is 25.3 Å². The summed E-state index contributed by atoms with van der Waals surface area (Å²) in [7, 11) is 1.57. The minimum atomic E-state index is 0.00935. The fraction of sp³-hybridized carbons (Fsp3) is 0.235. The highest BCUT2D eigenvalue weighted by Crippen LogP contribution is 2.22. The first-order valence-electron chi connectivity index (χ1n) is 6.54. The molecule has 0 saturated carbocycles. The molecular weight excluding hydrogens is 250 g/mol. The van der Waals surface area contributed by atoms with Crippen molar-refractivity contribution in [3.63, 3.8) is 0 Å². The molecule has 0 spiro atoms. The summed E-state index contributed by atoms with van der Waals surface area (Å²) in [5.41, 5.74) is 10.2. The summed E-state index contributed by atoms with van der Waals surface area (Å²) in [5.74, 6) is 0.651. The molecule has 2 N–H and O–H groups in total. The third kappa shape index (κ3) is 2.99. The number of ether oxygens (including phenoxy) is 1. The number of ketones is 1. The second-order valence-corrected chi connectivity index (χ2v) is 4.98. The maximum atomic E-state index is 12.4. The Balaban J connectivity index is 2.30. The molecule has 2 aromatic carbocycles. The van der Waals surface area contributed by atoms with Crippen molar-refractivity contribution in [1.29, 1.82) is 0 Å². The average molecular weight is 269 g/mol. The van der Waals surface area contributed by atoms with Gasteiger partial charge in [0.15, 0.2) is 5.78 Å². The molecule has 3 nitrogen and oxygen atoms in total. The SMILES string of the molecule is COc1ccc(N)c(C(=O)Cc2cc(C)ccc2C)c1. The molecule has 0 aliphatic heterocycles. The largest absolute Gasteiger partial charge is 0.497 e. The summed E-state index contributed by atoms with van der Waals surface area (Å²) < 4.78 is 5.15. The van der Waals surface area contributed by atoms with Gasteiger partial charge in [0.05, 0.1) is 7.11 Å². The van der Waals surface area contributed by atoms with Crippen molar-refractivity contribution < 1.29 is 9.53 Å². The molecule has 0 radical (unpaired) electrons. The zero-order valence-corrected chi connectivity index (χ0v) is 12.1. The van der Waals surface area contributed by atoms with Crippen molar-refractivity contribution in [2.24, 2.45) is 0 Å². The maximum absolute atomic E-state index is 12.4. The number of Topliss-reactive ketones (excluding diaryl/α,β-unsaturated/α-hetero) is 1. The van der Waals surface area contributed by atoms with Crippen molar-refractivity contribution in [2.75, 3.05) is 12.8 Å². The maximum Gasteiger partial charge on any atom is 0.169 e.